The number of carbonyl (C=O) groups excluding carboxylic acids is 2. The number of nitrogens with zero attached hydrogens (tertiary/aromatic N) is 1. The lowest BCUT2D eigenvalue weighted by Crippen LogP contribution is -2.58. The quantitative estimate of drug-likeness (QED) is 0.772. The normalized spacial score (nSPS) is 20.7. The minimum Gasteiger partial charge on any atom is -0.484 e. The Bertz CT molecular complexity index is 594. The summed E-state index contributed by atoms with van der Waals surface area (Å²) in [4.78, 5) is 25.2. The standard InChI is InChI=1S/C16H21FN2O5/c1-22-11-16(8-14(18)20)10-19(5-6-24-16)15(21)9-23-13-4-2-3-12(17)7-13/h2-4,7H,5-6,8-11H2,1H3,(H2,18,20). The van der Waals surface area contributed by atoms with Gasteiger partial charge in [-0.2, -0.15) is 0 Å². The first-order valence-electron chi connectivity index (χ1n) is 7.51. The van der Waals surface area contributed by atoms with Crippen LogP contribution < -0.4 is 10.5 Å². The largest absolute Gasteiger partial charge is 0.484 e. The van der Waals surface area contributed by atoms with Crippen LogP contribution in [0.3, 0.4) is 0 Å². The van der Waals surface area contributed by atoms with Gasteiger partial charge in [-0.15, -0.1) is 0 Å². The van der Waals surface area contributed by atoms with Gasteiger partial charge in [0.25, 0.3) is 5.91 Å². The van der Waals surface area contributed by atoms with Gasteiger partial charge in [0, 0.05) is 19.7 Å². The maximum Gasteiger partial charge on any atom is 0.260 e. The summed E-state index contributed by atoms with van der Waals surface area (Å²) in [6.07, 6.45) is -0.0463. The van der Waals surface area contributed by atoms with E-state index in [4.69, 9.17) is 19.9 Å². The molecule has 1 aromatic carbocycles. The summed E-state index contributed by atoms with van der Waals surface area (Å²) in [6, 6.07) is 5.56. The molecule has 1 fully saturated rings. The van der Waals surface area contributed by atoms with Crippen LogP contribution in [-0.4, -0.2) is 62.3 Å². The lowest BCUT2D eigenvalue weighted by atomic mass is 9.97. The van der Waals surface area contributed by atoms with E-state index in [0.717, 1.165) is 0 Å². The summed E-state index contributed by atoms with van der Waals surface area (Å²) in [7, 11) is 1.49. The summed E-state index contributed by atoms with van der Waals surface area (Å²) in [6.45, 7) is 0.723. The molecule has 1 aliphatic rings. The van der Waals surface area contributed by atoms with Gasteiger partial charge < -0.3 is 24.8 Å². The van der Waals surface area contributed by atoms with E-state index in [-0.39, 0.29) is 44.4 Å². The number of halogens is 1. The Morgan fingerprint density at radius 2 is 2.25 bits per heavy atom. The van der Waals surface area contributed by atoms with Crippen LogP contribution in [0.1, 0.15) is 6.42 Å². The number of rotatable bonds is 7. The fourth-order valence-electron chi connectivity index (χ4n) is 2.68. The Hall–Kier alpha value is -2.19. The number of nitrogens with two attached hydrogens (primary N) is 1. The topological polar surface area (TPSA) is 91.1 Å². The van der Waals surface area contributed by atoms with Crippen LogP contribution in [0, 0.1) is 5.82 Å². The Morgan fingerprint density at radius 3 is 2.92 bits per heavy atom. The van der Waals surface area contributed by atoms with Gasteiger partial charge in [0.1, 0.15) is 17.2 Å². The molecule has 0 radical (unpaired) electrons. The first-order valence-corrected chi connectivity index (χ1v) is 7.51. The van der Waals surface area contributed by atoms with E-state index in [1.54, 1.807) is 6.07 Å². The fraction of sp³-hybridized carbons (Fsp3) is 0.500. The van der Waals surface area contributed by atoms with E-state index in [2.05, 4.69) is 0 Å². The molecular weight excluding hydrogens is 319 g/mol. The molecule has 1 aliphatic heterocycles. The lowest BCUT2D eigenvalue weighted by molar-refractivity contribution is -0.167. The second kappa shape index (κ2) is 8.07. The number of hydrogen-bond donors (Lipinski definition) is 1. The van der Waals surface area contributed by atoms with Gasteiger partial charge in [-0.25, -0.2) is 4.39 Å². The van der Waals surface area contributed by atoms with Crippen molar-refractivity contribution >= 4 is 11.8 Å². The second-order valence-corrected chi connectivity index (χ2v) is 5.67. The minimum atomic E-state index is -0.951. The first kappa shape index (κ1) is 18.2. The highest BCUT2D eigenvalue weighted by Gasteiger charge is 2.40. The molecule has 1 aromatic rings. The molecule has 2 N–H and O–H groups in total. The number of morpholine rings is 1. The van der Waals surface area contributed by atoms with Gasteiger partial charge in [0.15, 0.2) is 6.61 Å². The van der Waals surface area contributed by atoms with Crippen LogP contribution in [0.2, 0.25) is 0 Å². The average molecular weight is 340 g/mol. The van der Waals surface area contributed by atoms with Crippen molar-refractivity contribution in [3.63, 3.8) is 0 Å². The van der Waals surface area contributed by atoms with E-state index >= 15 is 0 Å². The van der Waals surface area contributed by atoms with Gasteiger partial charge in [0.05, 0.1) is 26.2 Å². The molecule has 1 atom stereocenters. The third-order valence-electron chi connectivity index (χ3n) is 3.66. The molecule has 0 aromatic heterocycles. The smallest absolute Gasteiger partial charge is 0.260 e. The number of methoxy groups -OCH3 is 1. The first-order chi connectivity index (χ1) is 11.4. The third kappa shape index (κ3) is 4.90. The van der Waals surface area contributed by atoms with Crippen molar-refractivity contribution in [1.29, 1.82) is 0 Å². The summed E-state index contributed by atoms with van der Waals surface area (Å²) < 4.78 is 29.2. The van der Waals surface area contributed by atoms with Crippen LogP contribution in [0.5, 0.6) is 5.75 Å². The Morgan fingerprint density at radius 1 is 1.46 bits per heavy atom. The van der Waals surface area contributed by atoms with Crippen molar-refractivity contribution in [2.75, 3.05) is 40.0 Å². The number of amides is 2. The van der Waals surface area contributed by atoms with Crippen LogP contribution in [0.15, 0.2) is 24.3 Å². The third-order valence-corrected chi connectivity index (χ3v) is 3.66. The summed E-state index contributed by atoms with van der Waals surface area (Å²) in [5.41, 5.74) is 4.32. The average Bonchev–Trinajstić information content (AvgIpc) is 2.52. The fourth-order valence-corrected chi connectivity index (χ4v) is 2.68. The van der Waals surface area contributed by atoms with Crippen LogP contribution in [0.4, 0.5) is 4.39 Å². The van der Waals surface area contributed by atoms with E-state index in [9.17, 15) is 14.0 Å². The van der Waals surface area contributed by atoms with Crippen LogP contribution >= 0.6 is 0 Å². The van der Waals surface area contributed by atoms with Gasteiger partial charge in [-0.3, -0.25) is 9.59 Å². The molecule has 132 valence electrons. The molecule has 0 spiro atoms. The van der Waals surface area contributed by atoms with Crippen molar-refractivity contribution in [2.45, 2.75) is 12.0 Å². The maximum atomic E-state index is 13.1. The number of ether oxygens (including phenoxy) is 3. The van der Waals surface area contributed by atoms with Gasteiger partial charge in [0.2, 0.25) is 5.91 Å². The van der Waals surface area contributed by atoms with Crippen molar-refractivity contribution in [1.82, 2.24) is 4.90 Å². The minimum absolute atomic E-state index is 0.0463. The zero-order valence-corrected chi connectivity index (χ0v) is 13.5. The van der Waals surface area contributed by atoms with Crippen molar-refractivity contribution in [3.05, 3.63) is 30.1 Å². The monoisotopic (exact) mass is 340 g/mol. The van der Waals surface area contributed by atoms with Crippen LogP contribution in [0.25, 0.3) is 0 Å². The molecular formula is C16H21FN2O5. The van der Waals surface area contributed by atoms with Gasteiger partial charge >= 0.3 is 0 Å². The highest BCUT2D eigenvalue weighted by molar-refractivity contribution is 5.78. The molecule has 0 aliphatic carbocycles. The zero-order chi connectivity index (χ0) is 17.6. The predicted molar refractivity (Wildman–Crippen MR) is 82.8 cm³/mol. The number of benzene rings is 1. The van der Waals surface area contributed by atoms with E-state index < -0.39 is 17.3 Å². The maximum absolute atomic E-state index is 13.1. The Balaban J connectivity index is 1.97. The number of primary amides is 1. The van der Waals surface area contributed by atoms with Gasteiger partial charge in [-0.05, 0) is 12.1 Å². The summed E-state index contributed by atoms with van der Waals surface area (Å²) in [5, 5.41) is 0. The van der Waals surface area contributed by atoms with Crippen molar-refractivity contribution < 1.29 is 28.2 Å². The second-order valence-electron chi connectivity index (χ2n) is 5.67. The van der Waals surface area contributed by atoms with Gasteiger partial charge in [-0.1, -0.05) is 6.07 Å². The Kier molecular flexibility index (Phi) is 6.10. The van der Waals surface area contributed by atoms with E-state index in [1.807, 2.05) is 0 Å². The molecule has 7 nitrogen and oxygen atoms in total. The summed E-state index contributed by atoms with van der Waals surface area (Å²) in [5.74, 6) is -0.978. The molecule has 8 heteroatoms. The Labute approximate surface area is 139 Å². The highest BCUT2D eigenvalue weighted by atomic mass is 19.1. The molecule has 0 bridgehead atoms. The SMILES string of the molecule is COCC1(CC(N)=O)CN(C(=O)COc2cccc(F)c2)CCO1. The number of hydrogen-bond acceptors (Lipinski definition) is 5. The lowest BCUT2D eigenvalue weighted by Gasteiger charge is -2.41. The zero-order valence-electron chi connectivity index (χ0n) is 13.5. The molecule has 1 unspecified atom stereocenters. The summed E-state index contributed by atoms with van der Waals surface area (Å²) >= 11 is 0. The predicted octanol–water partition coefficient (Wildman–Crippen LogP) is 0.324. The molecule has 1 heterocycles. The van der Waals surface area contributed by atoms with Crippen LogP contribution in [-0.2, 0) is 19.1 Å². The molecule has 1 saturated heterocycles. The molecule has 24 heavy (non-hydrogen) atoms. The molecule has 0 saturated carbocycles. The van der Waals surface area contributed by atoms with E-state index in [1.165, 1.54) is 30.2 Å². The molecule has 2 rings (SSSR count). The van der Waals surface area contributed by atoms with Crippen molar-refractivity contribution in [3.8, 4) is 5.75 Å². The molecule has 2 amide bonds. The van der Waals surface area contributed by atoms with Crippen molar-refractivity contribution in [2.24, 2.45) is 5.73 Å². The number of carbonyl (C=O) groups is 2. The highest BCUT2D eigenvalue weighted by Crippen LogP contribution is 2.23. The van der Waals surface area contributed by atoms with E-state index in [0.29, 0.717) is 6.54 Å².